The highest BCUT2D eigenvalue weighted by Crippen LogP contribution is 2.40. The first kappa shape index (κ1) is 21.4. The minimum atomic E-state index is -4.96. The molecule has 1 aliphatic heterocycles. The Morgan fingerprint density at radius 2 is 1.77 bits per heavy atom. The van der Waals surface area contributed by atoms with Crippen molar-refractivity contribution in [2.24, 2.45) is 36.8 Å². The molecule has 13 heteroatoms. The van der Waals surface area contributed by atoms with Crippen LogP contribution in [-0.4, -0.2) is 26.9 Å². The normalized spacial score (nSPS) is 13.9. The highest BCUT2D eigenvalue weighted by Gasteiger charge is 2.40. The highest BCUT2D eigenvalue weighted by atomic mass is 32.2. The summed E-state index contributed by atoms with van der Waals surface area (Å²) in [5.74, 6) is -0.337. The van der Waals surface area contributed by atoms with Crippen LogP contribution in [0.15, 0.2) is 61.5 Å². The molecule has 0 bridgehead atoms. The third-order valence-corrected chi connectivity index (χ3v) is 5.12. The van der Waals surface area contributed by atoms with Gasteiger partial charge in [0.2, 0.25) is 10.0 Å². The predicted octanol–water partition coefficient (Wildman–Crippen LogP) is 1.96. The fourth-order valence-electron chi connectivity index (χ4n) is 2.89. The van der Waals surface area contributed by atoms with Crippen LogP contribution in [0, 0.1) is 0 Å². The van der Waals surface area contributed by atoms with E-state index in [2.05, 4.69) is 20.2 Å². The summed E-state index contributed by atoms with van der Waals surface area (Å²) in [7, 11) is -4.79. The summed E-state index contributed by atoms with van der Waals surface area (Å²) in [5, 5.41) is 12.5. The van der Waals surface area contributed by atoms with Gasteiger partial charge < -0.3 is 11.5 Å². The maximum Gasteiger partial charge on any atom is 0.417 e. The van der Waals surface area contributed by atoms with E-state index in [-0.39, 0.29) is 36.1 Å². The van der Waals surface area contributed by atoms with Crippen LogP contribution in [0.2, 0.25) is 0 Å². The number of aliphatic imine (C=N–C) groups is 2. The number of nitrogens with two attached hydrogens (primary N) is 3. The number of guanidine groups is 1. The summed E-state index contributed by atoms with van der Waals surface area (Å²) in [5.41, 5.74) is 10.1. The SMILES string of the molecule is NC(N)=NCc1ccc(-c2ccc(C(F)(F)F)c(S(N)(=O)=O)c2C2=NCN=N2)cc1. The number of amidine groups is 1. The summed E-state index contributed by atoms with van der Waals surface area (Å²) in [6.07, 6.45) is -4.96. The van der Waals surface area contributed by atoms with E-state index in [0.717, 1.165) is 11.6 Å². The first-order valence-corrected chi connectivity index (χ1v) is 9.87. The van der Waals surface area contributed by atoms with Gasteiger partial charge in [0, 0.05) is 5.56 Å². The van der Waals surface area contributed by atoms with Crippen molar-refractivity contribution < 1.29 is 21.6 Å². The zero-order chi connectivity index (χ0) is 22.1. The molecular formula is C17H16F3N7O2S. The van der Waals surface area contributed by atoms with E-state index in [1.54, 1.807) is 24.3 Å². The third kappa shape index (κ3) is 4.46. The number of alkyl halides is 3. The van der Waals surface area contributed by atoms with Gasteiger partial charge in [-0.05, 0) is 22.8 Å². The number of sulfonamides is 1. The van der Waals surface area contributed by atoms with E-state index < -0.39 is 26.7 Å². The van der Waals surface area contributed by atoms with Crippen molar-refractivity contribution >= 4 is 21.8 Å². The molecule has 0 fully saturated rings. The number of halogens is 3. The van der Waals surface area contributed by atoms with Crippen molar-refractivity contribution in [3.8, 4) is 11.1 Å². The van der Waals surface area contributed by atoms with Gasteiger partial charge in [0.1, 0.15) is 4.90 Å². The van der Waals surface area contributed by atoms with Crippen molar-refractivity contribution in [2.75, 3.05) is 6.67 Å². The molecule has 0 unspecified atom stereocenters. The highest BCUT2D eigenvalue weighted by molar-refractivity contribution is 7.89. The third-order valence-electron chi connectivity index (χ3n) is 4.13. The van der Waals surface area contributed by atoms with Crippen molar-refractivity contribution in [1.29, 1.82) is 0 Å². The molecule has 0 atom stereocenters. The van der Waals surface area contributed by atoms with Gasteiger partial charge in [0.05, 0.1) is 12.1 Å². The number of primary sulfonamides is 1. The van der Waals surface area contributed by atoms with E-state index in [4.69, 9.17) is 16.6 Å². The fraction of sp³-hybridized carbons (Fsp3) is 0.176. The average molecular weight is 439 g/mol. The molecular weight excluding hydrogens is 423 g/mol. The molecule has 158 valence electrons. The molecule has 3 rings (SSSR count). The fourth-order valence-corrected chi connectivity index (χ4v) is 3.87. The van der Waals surface area contributed by atoms with Crippen LogP contribution < -0.4 is 16.6 Å². The first-order valence-electron chi connectivity index (χ1n) is 8.32. The average Bonchev–Trinajstić information content (AvgIpc) is 3.18. The van der Waals surface area contributed by atoms with Crippen molar-refractivity contribution in [2.45, 2.75) is 17.6 Å². The largest absolute Gasteiger partial charge is 0.417 e. The van der Waals surface area contributed by atoms with Crippen LogP contribution in [0.5, 0.6) is 0 Å². The Labute approximate surface area is 169 Å². The smallest absolute Gasteiger partial charge is 0.370 e. The van der Waals surface area contributed by atoms with Gasteiger partial charge in [-0.1, -0.05) is 30.3 Å². The summed E-state index contributed by atoms with van der Waals surface area (Å²) in [6.45, 7) is 0.0678. The first-order chi connectivity index (χ1) is 14.0. The van der Waals surface area contributed by atoms with Gasteiger partial charge in [0.25, 0.3) is 0 Å². The number of nitrogens with zero attached hydrogens (tertiary/aromatic N) is 4. The predicted molar refractivity (Wildman–Crippen MR) is 104 cm³/mol. The van der Waals surface area contributed by atoms with Crippen molar-refractivity contribution in [3.05, 3.63) is 53.1 Å². The lowest BCUT2D eigenvalue weighted by molar-refractivity contribution is -0.139. The van der Waals surface area contributed by atoms with Gasteiger partial charge in [-0.3, -0.25) is 0 Å². The number of azo groups is 1. The molecule has 6 N–H and O–H groups in total. The number of benzene rings is 2. The van der Waals surface area contributed by atoms with Crippen LogP contribution in [0.4, 0.5) is 13.2 Å². The Hall–Kier alpha value is -3.32. The molecule has 0 saturated heterocycles. The van der Waals surface area contributed by atoms with E-state index in [1.165, 1.54) is 0 Å². The molecule has 2 aromatic rings. The summed E-state index contributed by atoms with van der Waals surface area (Å²) >= 11 is 0. The molecule has 1 heterocycles. The van der Waals surface area contributed by atoms with Gasteiger partial charge in [-0.25, -0.2) is 23.5 Å². The van der Waals surface area contributed by atoms with E-state index >= 15 is 0 Å². The van der Waals surface area contributed by atoms with Gasteiger partial charge in [0.15, 0.2) is 18.5 Å². The Bertz CT molecular complexity index is 1170. The monoisotopic (exact) mass is 439 g/mol. The minimum Gasteiger partial charge on any atom is -0.370 e. The molecule has 0 amide bonds. The van der Waals surface area contributed by atoms with Gasteiger partial charge in [-0.15, -0.1) is 5.11 Å². The lowest BCUT2D eigenvalue weighted by atomic mass is 9.95. The topological polar surface area (TPSA) is 162 Å². The Morgan fingerprint density at radius 1 is 1.10 bits per heavy atom. The van der Waals surface area contributed by atoms with Crippen LogP contribution in [-0.2, 0) is 22.7 Å². The summed E-state index contributed by atoms with van der Waals surface area (Å²) in [4.78, 5) is 6.67. The van der Waals surface area contributed by atoms with E-state index in [0.29, 0.717) is 11.6 Å². The second-order valence-corrected chi connectivity index (χ2v) is 7.71. The van der Waals surface area contributed by atoms with Crippen LogP contribution in [0.1, 0.15) is 16.7 Å². The lowest BCUT2D eigenvalue weighted by Crippen LogP contribution is -2.23. The molecule has 2 aromatic carbocycles. The molecule has 0 radical (unpaired) electrons. The van der Waals surface area contributed by atoms with Crippen molar-refractivity contribution in [3.63, 3.8) is 0 Å². The van der Waals surface area contributed by atoms with Crippen LogP contribution in [0.25, 0.3) is 11.1 Å². The Kier molecular flexibility index (Phi) is 5.59. The van der Waals surface area contributed by atoms with Crippen molar-refractivity contribution in [1.82, 2.24) is 0 Å². The molecule has 30 heavy (non-hydrogen) atoms. The molecule has 0 aliphatic carbocycles. The number of hydrogen-bond acceptors (Lipinski definition) is 6. The molecule has 0 spiro atoms. The zero-order valence-electron chi connectivity index (χ0n) is 15.3. The molecule has 9 nitrogen and oxygen atoms in total. The quantitative estimate of drug-likeness (QED) is 0.480. The van der Waals surface area contributed by atoms with Crippen LogP contribution >= 0.6 is 0 Å². The lowest BCUT2D eigenvalue weighted by Gasteiger charge is -2.18. The standard InChI is InChI=1S/C17H16F3N7O2S/c18-17(19,20)12-6-5-11(10-3-1-9(2-4-10)7-24-16(21)22)13(14(12)30(23,28)29)15-25-8-26-27-15/h1-6H,7-8H2,(H4,21,22,24)(H2,23,28,29). The summed E-state index contributed by atoms with van der Waals surface area (Å²) in [6, 6.07) is 8.29. The van der Waals surface area contributed by atoms with Crippen LogP contribution in [0.3, 0.4) is 0 Å². The zero-order valence-corrected chi connectivity index (χ0v) is 16.1. The second kappa shape index (κ2) is 7.84. The van der Waals surface area contributed by atoms with E-state index in [1.807, 2.05) is 0 Å². The van der Waals surface area contributed by atoms with Gasteiger partial charge in [-0.2, -0.15) is 18.3 Å². The summed E-state index contributed by atoms with van der Waals surface area (Å²) < 4.78 is 65.0. The van der Waals surface area contributed by atoms with Gasteiger partial charge >= 0.3 is 6.18 Å². The minimum absolute atomic E-state index is 0.0912. The maximum absolute atomic E-state index is 13.5. The Morgan fingerprint density at radius 3 is 2.27 bits per heavy atom. The molecule has 1 aliphatic rings. The second-order valence-electron chi connectivity index (χ2n) is 6.21. The maximum atomic E-state index is 13.5. The molecule has 0 aromatic heterocycles. The number of hydrogen-bond donors (Lipinski definition) is 3. The molecule has 0 saturated carbocycles. The van der Waals surface area contributed by atoms with E-state index in [9.17, 15) is 21.6 Å². The number of rotatable bonds is 5. The Balaban J connectivity index is 2.25.